The first-order valence-corrected chi connectivity index (χ1v) is 14.3. The minimum Gasteiger partial charge on any atom is -0.0961 e. The Morgan fingerprint density at radius 3 is 1.63 bits per heavy atom. The van der Waals surface area contributed by atoms with Gasteiger partial charge in [-0.2, -0.15) is 0 Å². The van der Waals surface area contributed by atoms with E-state index in [1.807, 2.05) is 0 Å². The number of hydrogen-bond acceptors (Lipinski definition) is 0. The fourth-order valence-corrected chi connectivity index (χ4v) is 12.7. The van der Waals surface area contributed by atoms with E-state index in [0.717, 1.165) is 17.0 Å². The highest BCUT2D eigenvalue weighted by Gasteiger charge is 2.53. The van der Waals surface area contributed by atoms with Crippen molar-refractivity contribution >= 4 is 7.92 Å². The maximum Gasteiger partial charge on any atom is 0.0187 e. The van der Waals surface area contributed by atoms with Crippen LogP contribution in [-0.4, -0.2) is 17.0 Å². The van der Waals surface area contributed by atoms with Crippen molar-refractivity contribution in [3.8, 4) is 0 Å². The zero-order valence-electron chi connectivity index (χ0n) is 18.7. The van der Waals surface area contributed by atoms with E-state index in [0.29, 0.717) is 5.92 Å². The first-order valence-electron chi connectivity index (χ1n) is 12.7. The topological polar surface area (TPSA) is 0 Å². The Balaban J connectivity index is 1.48. The molecule has 0 amide bonds. The summed E-state index contributed by atoms with van der Waals surface area (Å²) in [7, 11) is 0.0894. The molecule has 2 fully saturated rings. The lowest BCUT2D eigenvalue weighted by molar-refractivity contribution is 0.397. The summed E-state index contributed by atoms with van der Waals surface area (Å²) in [6.45, 7) is 2.59. The first kappa shape index (κ1) is 19.5. The van der Waals surface area contributed by atoms with Gasteiger partial charge in [0.2, 0.25) is 0 Å². The molecule has 1 atom stereocenters. The molecule has 2 saturated carbocycles. The Labute approximate surface area is 184 Å². The lowest BCUT2D eigenvalue weighted by atomic mass is 9.56. The predicted molar refractivity (Wildman–Crippen MR) is 130 cm³/mol. The monoisotopic (exact) mass is 416 g/mol. The molecule has 1 heteroatoms. The van der Waals surface area contributed by atoms with Crippen molar-refractivity contribution < 1.29 is 0 Å². The molecular formula is C29H37P. The summed E-state index contributed by atoms with van der Waals surface area (Å²) in [5.74, 6) is 0.661. The largest absolute Gasteiger partial charge is 0.0961 e. The van der Waals surface area contributed by atoms with Crippen molar-refractivity contribution in [1.29, 1.82) is 0 Å². The number of rotatable bonds is 3. The molecule has 0 aliphatic heterocycles. The first-order chi connectivity index (χ1) is 14.8. The van der Waals surface area contributed by atoms with Gasteiger partial charge in [0, 0.05) is 11.3 Å². The van der Waals surface area contributed by atoms with Crippen molar-refractivity contribution in [3.63, 3.8) is 0 Å². The molecule has 5 aliphatic carbocycles. The average molecular weight is 417 g/mol. The van der Waals surface area contributed by atoms with Gasteiger partial charge in [0.15, 0.2) is 0 Å². The Morgan fingerprint density at radius 1 is 0.667 bits per heavy atom. The van der Waals surface area contributed by atoms with E-state index in [-0.39, 0.29) is 13.3 Å². The van der Waals surface area contributed by atoms with Crippen LogP contribution in [0.1, 0.15) is 106 Å². The Morgan fingerprint density at radius 2 is 1.13 bits per heavy atom. The van der Waals surface area contributed by atoms with Crippen LogP contribution in [0.15, 0.2) is 48.5 Å². The van der Waals surface area contributed by atoms with E-state index >= 15 is 0 Å². The molecule has 2 aromatic rings. The average Bonchev–Trinajstić information content (AvgIpc) is 2.81. The molecule has 0 saturated heterocycles. The van der Waals surface area contributed by atoms with E-state index in [9.17, 15) is 0 Å². The highest BCUT2D eigenvalue weighted by Crippen LogP contribution is 2.69. The van der Waals surface area contributed by atoms with Crippen LogP contribution in [0.3, 0.4) is 0 Å². The summed E-state index contributed by atoms with van der Waals surface area (Å²) in [6, 6.07) is 19.1. The molecule has 0 spiro atoms. The molecule has 158 valence electrons. The maximum absolute atomic E-state index is 2.59. The number of benzene rings is 2. The molecule has 2 bridgehead atoms. The number of hydrogen-bond donors (Lipinski definition) is 0. The molecule has 2 aromatic carbocycles. The summed E-state index contributed by atoms with van der Waals surface area (Å²) < 4.78 is 0. The maximum atomic E-state index is 2.59. The van der Waals surface area contributed by atoms with Gasteiger partial charge in [-0.15, -0.1) is 0 Å². The fourth-order valence-electron chi connectivity index (χ4n) is 7.90. The van der Waals surface area contributed by atoms with Crippen molar-refractivity contribution in [2.45, 2.75) is 106 Å². The molecule has 0 N–H and O–H groups in total. The van der Waals surface area contributed by atoms with Gasteiger partial charge in [0.1, 0.15) is 0 Å². The molecule has 0 nitrogen and oxygen atoms in total. The number of fused-ring (bicyclic) bond motifs is 1. The van der Waals surface area contributed by atoms with Gasteiger partial charge in [0.25, 0.3) is 0 Å². The van der Waals surface area contributed by atoms with Gasteiger partial charge in [-0.25, -0.2) is 0 Å². The third-order valence-electron chi connectivity index (χ3n) is 9.16. The van der Waals surface area contributed by atoms with Crippen LogP contribution in [0.25, 0.3) is 0 Å². The summed E-state index contributed by atoms with van der Waals surface area (Å²) in [4.78, 5) is 0. The van der Waals surface area contributed by atoms with E-state index < -0.39 is 0 Å². The van der Waals surface area contributed by atoms with Crippen LogP contribution in [0.4, 0.5) is 0 Å². The van der Waals surface area contributed by atoms with E-state index in [1.54, 1.807) is 22.3 Å². The smallest absolute Gasteiger partial charge is 0.0187 e. The highest BCUT2D eigenvalue weighted by atomic mass is 31.1. The van der Waals surface area contributed by atoms with Gasteiger partial charge in [-0.3, -0.25) is 0 Å². The SMILES string of the molecule is CC12CC(P(C3CCCCC3)C3CCCCC3)C(c3ccccc31)c1ccccc12. The molecule has 5 aliphatic rings. The Bertz CT molecular complexity index is 837. The highest BCUT2D eigenvalue weighted by molar-refractivity contribution is 7.60. The second kappa shape index (κ2) is 7.78. The van der Waals surface area contributed by atoms with Crippen molar-refractivity contribution in [2.24, 2.45) is 0 Å². The molecule has 30 heavy (non-hydrogen) atoms. The minimum absolute atomic E-state index is 0.0894. The zero-order valence-corrected chi connectivity index (χ0v) is 19.5. The predicted octanol–water partition coefficient (Wildman–Crippen LogP) is 8.36. The van der Waals surface area contributed by atoms with Crippen LogP contribution < -0.4 is 0 Å². The minimum atomic E-state index is 0.0894. The van der Waals surface area contributed by atoms with Crippen LogP contribution in [-0.2, 0) is 5.41 Å². The summed E-state index contributed by atoms with van der Waals surface area (Å²) >= 11 is 0. The van der Waals surface area contributed by atoms with Gasteiger partial charge in [-0.05, 0) is 71.3 Å². The van der Waals surface area contributed by atoms with Crippen molar-refractivity contribution in [1.82, 2.24) is 0 Å². The van der Waals surface area contributed by atoms with Crippen molar-refractivity contribution in [3.05, 3.63) is 70.8 Å². The standard InChI is InChI=1S/C29H37P/c1-29-20-27(30(21-12-4-2-5-13-21)22-14-6-3-7-15-22)28(23-16-8-10-18-25(23)29)24-17-9-11-19-26(24)29/h8-11,16-19,21-22,27-28H,2-7,12-15,20H2,1H3. The summed E-state index contributed by atoms with van der Waals surface area (Å²) in [5.41, 5.74) is 9.88. The van der Waals surface area contributed by atoms with E-state index in [4.69, 9.17) is 0 Å². The summed E-state index contributed by atoms with van der Waals surface area (Å²) in [6.07, 6.45) is 16.5. The lowest BCUT2D eigenvalue weighted by Crippen LogP contribution is -2.46. The fraction of sp³-hybridized carbons (Fsp3) is 0.586. The van der Waals surface area contributed by atoms with Crippen LogP contribution in [0.5, 0.6) is 0 Å². The molecule has 0 aromatic heterocycles. The second-order valence-corrected chi connectivity index (χ2v) is 13.8. The quantitative estimate of drug-likeness (QED) is 0.441. The van der Waals surface area contributed by atoms with Gasteiger partial charge >= 0.3 is 0 Å². The molecule has 0 radical (unpaired) electrons. The van der Waals surface area contributed by atoms with Crippen LogP contribution >= 0.6 is 7.92 Å². The van der Waals surface area contributed by atoms with Gasteiger partial charge in [-0.1, -0.05) is 102 Å². The van der Waals surface area contributed by atoms with Crippen LogP contribution in [0.2, 0.25) is 0 Å². The van der Waals surface area contributed by atoms with Gasteiger partial charge in [0.05, 0.1) is 0 Å². The second-order valence-electron chi connectivity index (χ2n) is 10.8. The third-order valence-corrected chi connectivity index (χ3v) is 13.1. The Hall–Kier alpha value is -1.13. The third kappa shape index (κ3) is 2.97. The molecule has 0 heterocycles. The van der Waals surface area contributed by atoms with Crippen LogP contribution in [0, 0.1) is 0 Å². The van der Waals surface area contributed by atoms with Crippen molar-refractivity contribution in [2.75, 3.05) is 0 Å². The molecular weight excluding hydrogens is 379 g/mol. The van der Waals surface area contributed by atoms with E-state index in [1.165, 1.54) is 70.6 Å². The van der Waals surface area contributed by atoms with Gasteiger partial charge < -0.3 is 0 Å². The van der Waals surface area contributed by atoms with E-state index in [2.05, 4.69) is 55.5 Å². The zero-order chi connectivity index (χ0) is 20.1. The Kier molecular flexibility index (Phi) is 5.07. The lowest BCUT2D eigenvalue weighted by Gasteiger charge is -2.56. The molecule has 7 rings (SSSR count). The molecule has 1 unspecified atom stereocenters. The normalized spacial score (nSPS) is 31.5. The summed E-state index contributed by atoms with van der Waals surface area (Å²) in [5, 5.41) is 0.